The van der Waals surface area contributed by atoms with E-state index >= 15 is 0 Å². The Hall–Kier alpha value is -3.42. The van der Waals surface area contributed by atoms with Gasteiger partial charge in [0, 0.05) is 17.7 Å². The molecule has 0 fully saturated rings. The van der Waals surface area contributed by atoms with Crippen LogP contribution in [0.3, 0.4) is 0 Å². The van der Waals surface area contributed by atoms with Crippen LogP contribution in [-0.4, -0.2) is 27.5 Å². The predicted octanol–water partition coefficient (Wildman–Crippen LogP) is 1.94. The maximum atomic E-state index is 12.0. The van der Waals surface area contributed by atoms with Gasteiger partial charge >= 0.3 is 0 Å². The van der Waals surface area contributed by atoms with Gasteiger partial charge in [-0.15, -0.1) is 0 Å². The summed E-state index contributed by atoms with van der Waals surface area (Å²) < 4.78 is 11.1. The molecule has 8 heteroatoms. The number of carbonyl (C=O) groups is 1. The summed E-state index contributed by atoms with van der Waals surface area (Å²) in [4.78, 5) is 23.9. The molecule has 25 heavy (non-hydrogen) atoms. The Morgan fingerprint density at radius 3 is 2.68 bits per heavy atom. The molecule has 1 amide bonds. The fourth-order valence-corrected chi connectivity index (χ4v) is 2.20. The van der Waals surface area contributed by atoms with E-state index in [-0.39, 0.29) is 17.9 Å². The average molecular weight is 340 g/mol. The summed E-state index contributed by atoms with van der Waals surface area (Å²) in [5.74, 6) is 0.611. The largest absolute Gasteiger partial charge is 0.494 e. The average Bonchev–Trinajstić information content (AvgIpc) is 3.11. The van der Waals surface area contributed by atoms with E-state index in [1.54, 1.807) is 6.07 Å². The maximum Gasteiger partial charge on any atom is 0.267 e. The van der Waals surface area contributed by atoms with Crippen molar-refractivity contribution in [2.24, 2.45) is 0 Å². The molecule has 3 aromatic rings. The van der Waals surface area contributed by atoms with Crippen LogP contribution < -0.4 is 15.6 Å². The van der Waals surface area contributed by atoms with Gasteiger partial charge in [0.05, 0.1) is 12.3 Å². The molecule has 0 saturated carbocycles. The molecule has 0 aliphatic rings. The Labute approximate surface area is 143 Å². The molecular weight excluding hydrogens is 324 g/mol. The number of benzene rings is 1. The molecule has 2 aromatic heterocycles. The first-order chi connectivity index (χ1) is 12.2. The van der Waals surface area contributed by atoms with E-state index in [1.807, 2.05) is 31.2 Å². The monoisotopic (exact) mass is 340 g/mol. The van der Waals surface area contributed by atoms with Crippen molar-refractivity contribution in [3.63, 3.8) is 0 Å². The third-order valence-corrected chi connectivity index (χ3v) is 3.33. The zero-order valence-corrected chi connectivity index (χ0v) is 13.5. The Morgan fingerprint density at radius 2 is 2.00 bits per heavy atom. The second-order valence-electron chi connectivity index (χ2n) is 5.10. The van der Waals surface area contributed by atoms with Crippen molar-refractivity contribution in [3.05, 3.63) is 59.1 Å². The van der Waals surface area contributed by atoms with Gasteiger partial charge in [-0.1, -0.05) is 5.16 Å². The zero-order chi connectivity index (χ0) is 17.6. The van der Waals surface area contributed by atoms with Crippen molar-refractivity contribution in [2.75, 3.05) is 11.9 Å². The number of nitrogens with one attached hydrogen (secondary N) is 1. The van der Waals surface area contributed by atoms with Crippen molar-refractivity contribution in [3.8, 4) is 17.0 Å². The van der Waals surface area contributed by atoms with E-state index in [4.69, 9.17) is 4.74 Å². The number of ether oxygens (including phenoxy) is 1. The molecule has 128 valence electrons. The van der Waals surface area contributed by atoms with Gasteiger partial charge in [0.1, 0.15) is 18.6 Å². The molecule has 0 unspecified atom stereocenters. The Morgan fingerprint density at radius 1 is 1.20 bits per heavy atom. The number of nitrogens with zero attached hydrogens (tertiary/aromatic N) is 3. The van der Waals surface area contributed by atoms with Crippen molar-refractivity contribution < 1.29 is 14.1 Å². The quantitative estimate of drug-likeness (QED) is 0.736. The molecule has 3 rings (SSSR count). The van der Waals surface area contributed by atoms with Crippen LogP contribution >= 0.6 is 0 Å². The van der Waals surface area contributed by atoms with Crippen molar-refractivity contribution in [1.29, 1.82) is 0 Å². The summed E-state index contributed by atoms with van der Waals surface area (Å²) in [7, 11) is 0. The lowest BCUT2D eigenvalue weighted by Gasteiger charge is -2.08. The lowest BCUT2D eigenvalue weighted by Crippen LogP contribution is -2.29. The summed E-state index contributed by atoms with van der Waals surface area (Å²) in [5.41, 5.74) is 1.02. The number of carbonyl (C=O) groups excluding carboxylic acids is 1. The highest BCUT2D eigenvalue weighted by atomic mass is 16.5. The molecule has 1 aromatic carbocycles. The van der Waals surface area contributed by atoms with Gasteiger partial charge in [-0.2, -0.15) is 5.10 Å². The van der Waals surface area contributed by atoms with E-state index in [0.717, 1.165) is 16.0 Å². The molecule has 0 radical (unpaired) electrons. The van der Waals surface area contributed by atoms with E-state index in [9.17, 15) is 9.59 Å². The second-order valence-corrected chi connectivity index (χ2v) is 5.10. The summed E-state index contributed by atoms with van der Waals surface area (Å²) >= 11 is 0. The van der Waals surface area contributed by atoms with E-state index < -0.39 is 5.91 Å². The van der Waals surface area contributed by atoms with Crippen LogP contribution in [0.5, 0.6) is 5.75 Å². The van der Waals surface area contributed by atoms with Crippen LogP contribution in [0.25, 0.3) is 11.3 Å². The molecular formula is C17H16N4O4. The first kappa shape index (κ1) is 16.4. The summed E-state index contributed by atoms with van der Waals surface area (Å²) in [5, 5.41) is 10.3. The molecule has 0 aliphatic carbocycles. The summed E-state index contributed by atoms with van der Waals surface area (Å²) in [6, 6.07) is 11.8. The molecule has 8 nitrogen and oxygen atoms in total. The van der Waals surface area contributed by atoms with Gasteiger partial charge in [-0.3, -0.25) is 9.59 Å². The van der Waals surface area contributed by atoms with Crippen LogP contribution in [-0.2, 0) is 11.3 Å². The fourth-order valence-electron chi connectivity index (χ4n) is 2.20. The topological polar surface area (TPSA) is 99.2 Å². The van der Waals surface area contributed by atoms with Gasteiger partial charge in [0.25, 0.3) is 5.56 Å². The highest BCUT2D eigenvalue weighted by Gasteiger charge is 2.09. The fraction of sp³-hybridized carbons (Fsp3) is 0.176. The van der Waals surface area contributed by atoms with Crippen LogP contribution in [0.4, 0.5) is 5.82 Å². The minimum Gasteiger partial charge on any atom is -0.494 e. The molecule has 0 aliphatic heterocycles. The molecule has 2 heterocycles. The molecule has 0 bridgehead atoms. The lowest BCUT2D eigenvalue weighted by atomic mass is 10.1. The first-order valence-electron chi connectivity index (χ1n) is 7.67. The standard InChI is InChI=1S/C17H16N4O4/c1-2-24-13-5-3-12(4-6-13)14-7-8-17(23)21(19-14)11-16(22)18-15-9-10-25-20-15/h3-10H,2,11H2,1H3,(H,18,20,22). The van der Waals surface area contributed by atoms with E-state index in [1.165, 1.54) is 18.4 Å². The first-order valence-corrected chi connectivity index (χ1v) is 7.67. The van der Waals surface area contributed by atoms with Crippen molar-refractivity contribution in [1.82, 2.24) is 14.9 Å². The van der Waals surface area contributed by atoms with Crippen molar-refractivity contribution in [2.45, 2.75) is 13.5 Å². The highest BCUT2D eigenvalue weighted by Crippen LogP contribution is 2.19. The molecule has 0 saturated heterocycles. The Kier molecular flexibility index (Phi) is 4.89. The normalized spacial score (nSPS) is 10.4. The third-order valence-electron chi connectivity index (χ3n) is 3.33. The van der Waals surface area contributed by atoms with Crippen LogP contribution in [0.15, 0.2) is 58.0 Å². The number of rotatable bonds is 6. The second kappa shape index (κ2) is 7.43. The minimum absolute atomic E-state index is 0.226. The number of hydrogen-bond donors (Lipinski definition) is 1. The van der Waals surface area contributed by atoms with Gasteiger partial charge in [-0.25, -0.2) is 4.68 Å². The van der Waals surface area contributed by atoms with Gasteiger partial charge in [0.15, 0.2) is 5.82 Å². The SMILES string of the molecule is CCOc1ccc(-c2ccc(=O)n(CC(=O)Nc3ccon3)n2)cc1. The van der Waals surface area contributed by atoms with E-state index in [2.05, 4.69) is 20.1 Å². The Bertz CT molecular complexity index is 901. The molecule has 0 spiro atoms. The van der Waals surface area contributed by atoms with E-state index in [0.29, 0.717) is 12.3 Å². The third kappa shape index (κ3) is 4.11. The zero-order valence-electron chi connectivity index (χ0n) is 13.5. The maximum absolute atomic E-state index is 12.0. The van der Waals surface area contributed by atoms with Gasteiger partial charge < -0.3 is 14.6 Å². The number of hydrogen-bond acceptors (Lipinski definition) is 6. The lowest BCUT2D eigenvalue weighted by molar-refractivity contribution is -0.117. The van der Waals surface area contributed by atoms with Crippen molar-refractivity contribution >= 4 is 11.7 Å². The van der Waals surface area contributed by atoms with Crippen LogP contribution in [0.1, 0.15) is 6.92 Å². The molecule has 1 N–H and O–H groups in total. The van der Waals surface area contributed by atoms with Gasteiger partial charge in [-0.05, 0) is 37.3 Å². The number of anilines is 1. The smallest absolute Gasteiger partial charge is 0.267 e. The predicted molar refractivity (Wildman–Crippen MR) is 90.2 cm³/mol. The van der Waals surface area contributed by atoms with Crippen LogP contribution in [0, 0.1) is 0 Å². The minimum atomic E-state index is -0.424. The number of aromatic nitrogens is 3. The van der Waals surface area contributed by atoms with Crippen LogP contribution in [0.2, 0.25) is 0 Å². The highest BCUT2D eigenvalue weighted by molar-refractivity contribution is 5.89. The van der Waals surface area contributed by atoms with Gasteiger partial charge in [0.2, 0.25) is 5.91 Å². The summed E-state index contributed by atoms with van der Waals surface area (Å²) in [6.45, 7) is 2.27. The number of amides is 1. The summed E-state index contributed by atoms with van der Waals surface area (Å²) in [6.07, 6.45) is 1.34. The molecule has 0 atom stereocenters. The Balaban J connectivity index is 1.78.